The maximum atomic E-state index is 12.8. The first-order valence-corrected chi connectivity index (χ1v) is 8.14. The molecule has 2 aliphatic rings. The van der Waals surface area contributed by atoms with Crippen LogP contribution in [0.4, 0.5) is 24.8 Å². The van der Waals surface area contributed by atoms with Crippen molar-refractivity contribution in [2.75, 3.05) is 29.9 Å². The zero-order chi connectivity index (χ0) is 17.6. The first kappa shape index (κ1) is 16.0. The minimum atomic E-state index is -4.47. The van der Waals surface area contributed by atoms with E-state index < -0.39 is 11.9 Å². The molecule has 1 fully saturated rings. The molecule has 0 spiro atoms. The summed E-state index contributed by atoms with van der Waals surface area (Å²) in [5.74, 6) is 1.11. The van der Waals surface area contributed by atoms with Gasteiger partial charge in [-0.2, -0.15) is 18.3 Å². The lowest BCUT2D eigenvalue weighted by Gasteiger charge is -2.44. The third-order valence-corrected chi connectivity index (χ3v) is 4.85. The first-order valence-electron chi connectivity index (χ1n) is 8.14. The van der Waals surface area contributed by atoms with Gasteiger partial charge in [-0.1, -0.05) is 0 Å². The Labute approximate surface area is 142 Å². The summed E-state index contributed by atoms with van der Waals surface area (Å²) in [5.41, 5.74) is 1.41. The summed E-state index contributed by atoms with van der Waals surface area (Å²) >= 11 is 0. The molecule has 0 atom stereocenters. The molecule has 0 N–H and O–H groups in total. The van der Waals surface area contributed by atoms with Gasteiger partial charge in [-0.3, -0.25) is 0 Å². The molecule has 0 aromatic carbocycles. The van der Waals surface area contributed by atoms with Crippen LogP contribution in [0.25, 0.3) is 0 Å². The van der Waals surface area contributed by atoms with E-state index in [1.165, 1.54) is 5.56 Å². The van der Waals surface area contributed by atoms with Gasteiger partial charge in [-0.05, 0) is 30.9 Å². The molecule has 4 rings (SSSR count). The van der Waals surface area contributed by atoms with Gasteiger partial charge in [0.2, 0.25) is 0 Å². The summed E-state index contributed by atoms with van der Waals surface area (Å²) in [7, 11) is 1.75. The lowest BCUT2D eigenvalue weighted by atomic mass is 10.1. The monoisotopic (exact) mass is 350 g/mol. The summed E-state index contributed by atoms with van der Waals surface area (Å²) in [4.78, 5) is 11.1. The van der Waals surface area contributed by atoms with Crippen LogP contribution in [0.15, 0.2) is 18.5 Å². The van der Waals surface area contributed by atoms with E-state index in [2.05, 4.69) is 31.1 Å². The number of likely N-dealkylation sites (N-methyl/N-ethyl adjacent to an activating group) is 1. The van der Waals surface area contributed by atoms with Crippen molar-refractivity contribution in [3.63, 3.8) is 0 Å². The van der Waals surface area contributed by atoms with Crippen LogP contribution in [0.1, 0.15) is 23.4 Å². The summed E-state index contributed by atoms with van der Waals surface area (Å²) in [6, 6.07) is 3.14. The molecule has 0 amide bonds. The quantitative estimate of drug-likeness (QED) is 0.845. The maximum Gasteiger partial charge on any atom is 0.433 e. The van der Waals surface area contributed by atoms with Gasteiger partial charge in [-0.15, -0.1) is 5.10 Å². The summed E-state index contributed by atoms with van der Waals surface area (Å²) in [6.07, 6.45) is -0.366. The largest absolute Gasteiger partial charge is 0.433 e. The van der Waals surface area contributed by atoms with Crippen molar-refractivity contribution in [3.05, 3.63) is 35.4 Å². The number of nitrogens with zero attached hydrogens (tertiary/aromatic N) is 6. The van der Waals surface area contributed by atoms with Gasteiger partial charge >= 0.3 is 6.18 Å². The van der Waals surface area contributed by atoms with Gasteiger partial charge in [0.1, 0.15) is 17.8 Å². The highest BCUT2D eigenvalue weighted by molar-refractivity contribution is 5.49. The van der Waals surface area contributed by atoms with Gasteiger partial charge in [0.25, 0.3) is 0 Å². The van der Waals surface area contributed by atoms with Crippen LogP contribution in [-0.4, -0.2) is 46.3 Å². The minimum Gasteiger partial charge on any atom is -0.353 e. The molecule has 25 heavy (non-hydrogen) atoms. The predicted octanol–water partition coefficient (Wildman–Crippen LogP) is 2.10. The van der Waals surface area contributed by atoms with Crippen molar-refractivity contribution in [1.82, 2.24) is 20.2 Å². The highest BCUT2D eigenvalue weighted by Crippen LogP contribution is 2.31. The molecule has 132 valence electrons. The van der Waals surface area contributed by atoms with Gasteiger partial charge in [0.15, 0.2) is 5.82 Å². The number of rotatable bonds is 3. The van der Waals surface area contributed by atoms with Gasteiger partial charge in [-0.25, -0.2) is 9.97 Å². The molecule has 0 radical (unpaired) electrons. The third-order valence-electron chi connectivity index (χ3n) is 4.85. The fraction of sp³-hybridized carbons (Fsp3) is 0.500. The number of hydrogen-bond donors (Lipinski definition) is 0. The topological polar surface area (TPSA) is 58.0 Å². The smallest absolute Gasteiger partial charge is 0.353 e. The molecule has 1 saturated heterocycles. The average Bonchev–Trinajstić information content (AvgIpc) is 3.00. The summed E-state index contributed by atoms with van der Waals surface area (Å²) < 4.78 is 38.4. The SMILES string of the molecule is CN(c1cc(C(F)(F)F)ncn1)C1CN(c2cc3c(nn2)CCC3)C1. The number of halogens is 3. The van der Waals surface area contributed by atoms with Crippen molar-refractivity contribution in [3.8, 4) is 0 Å². The first-order chi connectivity index (χ1) is 11.9. The standard InChI is InChI=1S/C16H17F3N6/c1-24(14-6-13(16(17,18)19)20-9-21-14)11-7-25(8-11)15-5-10-3-2-4-12(10)22-23-15/h5-6,9,11H,2-4,7-8H2,1H3. The molecule has 0 bridgehead atoms. The van der Waals surface area contributed by atoms with E-state index in [0.29, 0.717) is 13.1 Å². The maximum absolute atomic E-state index is 12.8. The van der Waals surface area contributed by atoms with Crippen molar-refractivity contribution < 1.29 is 13.2 Å². The van der Waals surface area contributed by atoms with E-state index in [1.54, 1.807) is 11.9 Å². The Morgan fingerprint density at radius 3 is 2.68 bits per heavy atom. The molecule has 0 saturated carbocycles. The van der Waals surface area contributed by atoms with Crippen LogP contribution in [-0.2, 0) is 19.0 Å². The average molecular weight is 350 g/mol. The van der Waals surface area contributed by atoms with Crippen molar-refractivity contribution in [1.29, 1.82) is 0 Å². The van der Waals surface area contributed by atoms with Crippen LogP contribution in [0, 0.1) is 0 Å². The molecule has 3 heterocycles. The Morgan fingerprint density at radius 2 is 1.92 bits per heavy atom. The lowest BCUT2D eigenvalue weighted by Crippen LogP contribution is -2.59. The van der Waals surface area contributed by atoms with Crippen LogP contribution < -0.4 is 9.80 Å². The van der Waals surface area contributed by atoms with E-state index in [9.17, 15) is 13.2 Å². The van der Waals surface area contributed by atoms with Crippen LogP contribution in [0.2, 0.25) is 0 Å². The Bertz CT molecular complexity index is 788. The van der Waals surface area contributed by atoms with E-state index in [-0.39, 0.29) is 11.9 Å². The summed E-state index contributed by atoms with van der Waals surface area (Å²) in [6.45, 7) is 1.35. The van der Waals surface area contributed by atoms with Crippen molar-refractivity contribution >= 4 is 11.6 Å². The highest BCUT2D eigenvalue weighted by Gasteiger charge is 2.36. The molecular formula is C16H17F3N6. The van der Waals surface area contributed by atoms with E-state index in [4.69, 9.17) is 0 Å². The number of aryl methyl sites for hydroxylation is 2. The van der Waals surface area contributed by atoms with Crippen LogP contribution in [0.3, 0.4) is 0 Å². The van der Waals surface area contributed by atoms with Crippen molar-refractivity contribution in [2.45, 2.75) is 31.5 Å². The highest BCUT2D eigenvalue weighted by atomic mass is 19.4. The molecule has 0 unspecified atom stereocenters. The number of fused-ring (bicyclic) bond motifs is 1. The zero-order valence-corrected chi connectivity index (χ0v) is 13.7. The second-order valence-corrected chi connectivity index (χ2v) is 6.46. The lowest BCUT2D eigenvalue weighted by molar-refractivity contribution is -0.141. The zero-order valence-electron chi connectivity index (χ0n) is 13.7. The molecule has 2 aromatic rings. The number of alkyl halides is 3. The van der Waals surface area contributed by atoms with E-state index in [0.717, 1.165) is 43.2 Å². The minimum absolute atomic E-state index is 0.0750. The van der Waals surface area contributed by atoms with Gasteiger partial charge < -0.3 is 9.80 Å². The van der Waals surface area contributed by atoms with Crippen LogP contribution >= 0.6 is 0 Å². The van der Waals surface area contributed by atoms with Gasteiger partial charge in [0.05, 0.1) is 11.7 Å². The number of aromatic nitrogens is 4. The second kappa shape index (κ2) is 5.82. The number of anilines is 2. The Balaban J connectivity index is 1.43. The third kappa shape index (κ3) is 2.98. The van der Waals surface area contributed by atoms with E-state index in [1.807, 2.05) is 0 Å². The van der Waals surface area contributed by atoms with Gasteiger partial charge in [0, 0.05) is 26.2 Å². The van der Waals surface area contributed by atoms with E-state index >= 15 is 0 Å². The molecular weight excluding hydrogens is 333 g/mol. The normalized spacial score (nSPS) is 17.4. The summed E-state index contributed by atoms with van der Waals surface area (Å²) in [5, 5.41) is 8.55. The fourth-order valence-electron chi connectivity index (χ4n) is 3.24. The Kier molecular flexibility index (Phi) is 3.73. The molecule has 2 aromatic heterocycles. The Morgan fingerprint density at radius 1 is 1.12 bits per heavy atom. The second-order valence-electron chi connectivity index (χ2n) is 6.46. The molecule has 9 heteroatoms. The Hall–Kier alpha value is -2.45. The van der Waals surface area contributed by atoms with Crippen molar-refractivity contribution in [2.24, 2.45) is 0 Å². The van der Waals surface area contributed by atoms with Crippen LogP contribution in [0.5, 0.6) is 0 Å². The molecule has 6 nitrogen and oxygen atoms in total. The fourth-order valence-corrected chi connectivity index (χ4v) is 3.24. The molecule has 1 aliphatic heterocycles. The number of hydrogen-bond acceptors (Lipinski definition) is 6. The predicted molar refractivity (Wildman–Crippen MR) is 85.5 cm³/mol. The molecule has 1 aliphatic carbocycles.